The van der Waals surface area contributed by atoms with E-state index in [0.29, 0.717) is 11.4 Å². The van der Waals surface area contributed by atoms with Gasteiger partial charge in [-0.15, -0.1) is 0 Å². The molecule has 0 radical (unpaired) electrons. The first-order valence-electron chi connectivity index (χ1n) is 3.14. The summed E-state index contributed by atoms with van der Waals surface area (Å²) in [7, 11) is 0. The highest BCUT2D eigenvalue weighted by Gasteiger charge is 2.14. The summed E-state index contributed by atoms with van der Waals surface area (Å²) >= 11 is 0. The second kappa shape index (κ2) is 2.71. The highest BCUT2D eigenvalue weighted by atomic mass is 16.4. The number of H-pyrrole nitrogens is 1. The Bertz CT molecular complexity index is 279. The average molecular weight is 155 g/mol. The van der Waals surface area contributed by atoms with Gasteiger partial charge in [0.25, 0.3) is 0 Å². The molecular formula is C6H9N3O2. The van der Waals surface area contributed by atoms with Gasteiger partial charge in [0.2, 0.25) is 0 Å². The summed E-state index contributed by atoms with van der Waals surface area (Å²) in [6.45, 7) is 1.79. The van der Waals surface area contributed by atoms with Gasteiger partial charge in [0.05, 0.1) is 5.69 Å². The molecule has 0 saturated carbocycles. The average Bonchev–Trinajstić information content (AvgIpc) is 2.30. The van der Waals surface area contributed by atoms with Gasteiger partial charge in [-0.2, -0.15) is 5.10 Å². The number of hydrogen-bond acceptors (Lipinski definition) is 3. The fourth-order valence-electron chi connectivity index (χ4n) is 0.911. The molecule has 0 aromatic carbocycles. The van der Waals surface area contributed by atoms with Crippen molar-refractivity contribution in [2.24, 2.45) is 5.73 Å². The fourth-order valence-corrected chi connectivity index (χ4v) is 0.911. The molecule has 1 aromatic heterocycles. The van der Waals surface area contributed by atoms with Crippen LogP contribution in [-0.4, -0.2) is 21.3 Å². The van der Waals surface area contributed by atoms with Crippen LogP contribution in [0.3, 0.4) is 0 Å². The highest BCUT2D eigenvalue weighted by Crippen LogP contribution is 2.08. The largest absolute Gasteiger partial charge is 0.478 e. The Kier molecular flexibility index (Phi) is 1.91. The molecule has 1 aromatic rings. The molecule has 0 bridgehead atoms. The lowest BCUT2D eigenvalue weighted by Gasteiger charge is -1.92. The number of aromatic amines is 1. The molecule has 5 nitrogen and oxygen atoms in total. The zero-order valence-corrected chi connectivity index (χ0v) is 6.09. The molecule has 5 heteroatoms. The van der Waals surface area contributed by atoms with E-state index in [4.69, 9.17) is 10.8 Å². The lowest BCUT2D eigenvalue weighted by atomic mass is 10.2. The van der Waals surface area contributed by atoms with Crippen molar-refractivity contribution in [3.8, 4) is 0 Å². The third kappa shape index (κ3) is 1.22. The number of carboxylic acid groups (broad SMARTS) is 1. The number of nitrogens with zero attached hydrogens (tertiary/aromatic N) is 1. The Labute approximate surface area is 63.2 Å². The minimum atomic E-state index is -0.989. The summed E-state index contributed by atoms with van der Waals surface area (Å²) in [4.78, 5) is 10.5. The van der Waals surface area contributed by atoms with Crippen LogP contribution in [0.2, 0.25) is 0 Å². The number of carboxylic acids is 1. The normalized spacial score (nSPS) is 10.0. The number of carbonyl (C=O) groups is 1. The SMILES string of the molecule is Cc1[nH]nc(CN)c1C(=O)O. The summed E-state index contributed by atoms with van der Waals surface area (Å²) in [6.07, 6.45) is 0. The number of aryl methyl sites for hydroxylation is 1. The maximum absolute atomic E-state index is 10.5. The summed E-state index contributed by atoms with van der Waals surface area (Å²) in [5.41, 5.74) is 6.38. The first-order valence-corrected chi connectivity index (χ1v) is 3.14. The van der Waals surface area contributed by atoms with Crippen LogP contribution >= 0.6 is 0 Å². The predicted molar refractivity (Wildman–Crippen MR) is 38.2 cm³/mol. The molecule has 0 aliphatic heterocycles. The maximum Gasteiger partial charge on any atom is 0.339 e. The zero-order valence-electron chi connectivity index (χ0n) is 6.09. The summed E-state index contributed by atoms with van der Waals surface area (Å²) in [5.74, 6) is -0.989. The standard InChI is InChI=1S/C6H9N3O2/c1-3-5(6(10)11)4(2-7)9-8-3/h2,7H2,1H3,(H,8,9)(H,10,11). The monoisotopic (exact) mass is 155 g/mol. The van der Waals surface area contributed by atoms with Crippen molar-refractivity contribution in [2.45, 2.75) is 13.5 Å². The molecule has 60 valence electrons. The van der Waals surface area contributed by atoms with Crippen LogP contribution < -0.4 is 5.73 Å². The number of hydrogen-bond donors (Lipinski definition) is 3. The van der Waals surface area contributed by atoms with Crippen LogP contribution in [0.5, 0.6) is 0 Å². The predicted octanol–water partition coefficient (Wildman–Crippen LogP) is -0.125. The molecule has 1 heterocycles. The Morgan fingerprint density at radius 2 is 2.45 bits per heavy atom. The van der Waals surface area contributed by atoms with Gasteiger partial charge in [-0.05, 0) is 6.92 Å². The van der Waals surface area contributed by atoms with Gasteiger partial charge in [0.15, 0.2) is 0 Å². The molecule has 0 aliphatic rings. The molecular weight excluding hydrogens is 146 g/mol. The topological polar surface area (TPSA) is 92.0 Å². The van der Waals surface area contributed by atoms with Gasteiger partial charge in [0.1, 0.15) is 5.56 Å². The van der Waals surface area contributed by atoms with Crippen molar-refractivity contribution in [2.75, 3.05) is 0 Å². The lowest BCUT2D eigenvalue weighted by molar-refractivity contribution is 0.0695. The summed E-state index contributed by atoms with van der Waals surface area (Å²) < 4.78 is 0. The number of nitrogens with one attached hydrogen (secondary N) is 1. The highest BCUT2D eigenvalue weighted by molar-refractivity contribution is 5.90. The van der Waals surface area contributed by atoms with Crippen molar-refractivity contribution >= 4 is 5.97 Å². The van der Waals surface area contributed by atoms with E-state index in [-0.39, 0.29) is 12.1 Å². The number of aromatic nitrogens is 2. The molecule has 0 unspecified atom stereocenters. The number of rotatable bonds is 2. The molecule has 0 saturated heterocycles. The molecule has 0 atom stereocenters. The third-order valence-corrected chi connectivity index (χ3v) is 1.43. The van der Waals surface area contributed by atoms with Gasteiger partial charge in [-0.3, -0.25) is 5.10 Å². The minimum absolute atomic E-state index is 0.145. The van der Waals surface area contributed by atoms with Crippen molar-refractivity contribution < 1.29 is 9.90 Å². The quantitative estimate of drug-likeness (QED) is 0.555. The van der Waals surface area contributed by atoms with Crippen molar-refractivity contribution in [1.29, 1.82) is 0 Å². The Hall–Kier alpha value is -1.36. The van der Waals surface area contributed by atoms with Gasteiger partial charge < -0.3 is 10.8 Å². The van der Waals surface area contributed by atoms with Crippen LogP contribution in [0.25, 0.3) is 0 Å². The van der Waals surface area contributed by atoms with Crippen molar-refractivity contribution in [1.82, 2.24) is 10.2 Å². The van der Waals surface area contributed by atoms with Crippen LogP contribution in [0.4, 0.5) is 0 Å². The van der Waals surface area contributed by atoms with Crippen molar-refractivity contribution in [3.05, 3.63) is 17.0 Å². The Morgan fingerprint density at radius 1 is 1.82 bits per heavy atom. The molecule has 1 rings (SSSR count). The van der Waals surface area contributed by atoms with E-state index in [1.165, 1.54) is 0 Å². The second-order valence-electron chi connectivity index (χ2n) is 2.18. The summed E-state index contributed by atoms with van der Waals surface area (Å²) in [5, 5.41) is 14.9. The van der Waals surface area contributed by atoms with E-state index in [2.05, 4.69) is 10.2 Å². The van der Waals surface area contributed by atoms with E-state index < -0.39 is 5.97 Å². The maximum atomic E-state index is 10.5. The van der Waals surface area contributed by atoms with E-state index in [1.807, 2.05) is 0 Å². The van der Waals surface area contributed by atoms with Gasteiger partial charge >= 0.3 is 5.97 Å². The molecule has 0 fully saturated rings. The van der Waals surface area contributed by atoms with Crippen LogP contribution in [0, 0.1) is 6.92 Å². The van der Waals surface area contributed by atoms with E-state index in [1.54, 1.807) is 6.92 Å². The van der Waals surface area contributed by atoms with Crippen LogP contribution in [0.1, 0.15) is 21.7 Å². The van der Waals surface area contributed by atoms with Gasteiger partial charge in [-0.1, -0.05) is 0 Å². The second-order valence-corrected chi connectivity index (χ2v) is 2.18. The first-order chi connectivity index (χ1) is 5.16. The van der Waals surface area contributed by atoms with E-state index in [9.17, 15) is 4.79 Å². The van der Waals surface area contributed by atoms with E-state index >= 15 is 0 Å². The Morgan fingerprint density at radius 3 is 2.82 bits per heavy atom. The molecule has 11 heavy (non-hydrogen) atoms. The Balaban J connectivity index is 3.17. The molecule has 0 aliphatic carbocycles. The molecule has 4 N–H and O–H groups in total. The zero-order chi connectivity index (χ0) is 8.43. The lowest BCUT2D eigenvalue weighted by Crippen LogP contribution is -2.06. The summed E-state index contributed by atoms with van der Waals surface area (Å²) in [6, 6.07) is 0. The third-order valence-electron chi connectivity index (χ3n) is 1.43. The minimum Gasteiger partial charge on any atom is -0.478 e. The van der Waals surface area contributed by atoms with Gasteiger partial charge in [-0.25, -0.2) is 4.79 Å². The number of nitrogens with two attached hydrogens (primary N) is 1. The first kappa shape index (κ1) is 7.74. The molecule has 0 spiro atoms. The van der Waals surface area contributed by atoms with Crippen molar-refractivity contribution in [3.63, 3.8) is 0 Å². The van der Waals surface area contributed by atoms with Gasteiger partial charge in [0, 0.05) is 12.2 Å². The van der Waals surface area contributed by atoms with E-state index in [0.717, 1.165) is 0 Å². The smallest absolute Gasteiger partial charge is 0.339 e. The molecule has 0 amide bonds. The number of aromatic carboxylic acids is 1. The van der Waals surface area contributed by atoms with Crippen LogP contribution in [0.15, 0.2) is 0 Å². The van der Waals surface area contributed by atoms with Crippen LogP contribution in [-0.2, 0) is 6.54 Å². The fraction of sp³-hybridized carbons (Fsp3) is 0.333.